The Hall–Kier alpha value is -2.07. The summed E-state index contributed by atoms with van der Waals surface area (Å²) < 4.78 is 11.1. The van der Waals surface area contributed by atoms with Gasteiger partial charge in [0.15, 0.2) is 0 Å². The van der Waals surface area contributed by atoms with Gasteiger partial charge in [-0.1, -0.05) is 30.3 Å². The van der Waals surface area contributed by atoms with Crippen LogP contribution in [0.25, 0.3) is 0 Å². The summed E-state index contributed by atoms with van der Waals surface area (Å²) in [4.78, 5) is 11.9. The van der Waals surface area contributed by atoms with Gasteiger partial charge in [-0.2, -0.15) is 0 Å². The van der Waals surface area contributed by atoms with Gasteiger partial charge in [-0.25, -0.2) is 0 Å². The summed E-state index contributed by atoms with van der Waals surface area (Å²) in [5.41, 5.74) is 1.19. The molecule has 0 spiro atoms. The molecule has 1 aliphatic rings. The van der Waals surface area contributed by atoms with E-state index in [1.807, 2.05) is 30.3 Å². The Balaban J connectivity index is 1.47. The molecule has 0 unspecified atom stereocenters. The zero-order valence-corrected chi connectivity index (χ0v) is 12.5. The number of hydrogen-bond donors (Lipinski definition) is 1. The fraction of sp³-hybridized carbons (Fsp3) is 0.389. The third-order valence-corrected chi connectivity index (χ3v) is 4.08. The van der Waals surface area contributed by atoms with Crippen LogP contribution in [0.5, 0.6) is 0 Å². The number of furan rings is 1. The van der Waals surface area contributed by atoms with Crippen LogP contribution in [0, 0.1) is 5.92 Å². The topological polar surface area (TPSA) is 51.5 Å². The minimum Gasteiger partial charge on any atom is -0.469 e. The van der Waals surface area contributed by atoms with Crippen LogP contribution in [0.1, 0.15) is 30.3 Å². The maximum absolute atomic E-state index is 11.9. The number of carbonyl (C=O) groups excluding carboxylic acids is 1. The monoisotopic (exact) mass is 299 g/mol. The van der Waals surface area contributed by atoms with E-state index in [9.17, 15) is 4.79 Å². The molecule has 0 saturated carbocycles. The first-order valence-electron chi connectivity index (χ1n) is 7.78. The van der Waals surface area contributed by atoms with Crippen molar-refractivity contribution in [1.29, 1.82) is 0 Å². The number of aryl methyl sites for hydroxylation is 1. The van der Waals surface area contributed by atoms with E-state index in [2.05, 4.69) is 17.4 Å². The second-order valence-electron chi connectivity index (χ2n) is 5.63. The van der Waals surface area contributed by atoms with Gasteiger partial charge < -0.3 is 14.5 Å². The molecule has 1 fully saturated rings. The number of rotatable bonds is 6. The Morgan fingerprint density at radius 2 is 2.05 bits per heavy atom. The summed E-state index contributed by atoms with van der Waals surface area (Å²) in [5, 5.41) is 3.03. The van der Waals surface area contributed by atoms with Crippen LogP contribution in [0.4, 0.5) is 0 Å². The molecule has 1 aromatic carbocycles. The largest absolute Gasteiger partial charge is 0.469 e. The van der Waals surface area contributed by atoms with Crippen LogP contribution in [0.15, 0.2) is 53.1 Å². The maximum atomic E-state index is 11.9. The molecule has 4 heteroatoms. The van der Waals surface area contributed by atoms with Gasteiger partial charge in [0.2, 0.25) is 5.91 Å². The van der Waals surface area contributed by atoms with Crippen molar-refractivity contribution in [1.82, 2.24) is 5.32 Å². The van der Waals surface area contributed by atoms with Crippen LogP contribution in [0.3, 0.4) is 0 Å². The predicted octanol–water partition coefficient (Wildman–Crippen LogP) is 3.11. The molecular formula is C18H21NO3. The van der Waals surface area contributed by atoms with E-state index in [0.29, 0.717) is 25.3 Å². The number of ether oxygens (including phenoxy) is 1. The van der Waals surface area contributed by atoms with Crippen molar-refractivity contribution in [3.63, 3.8) is 0 Å². The van der Waals surface area contributed by atoms with E-state index in [1.54, 1.807) is 6.26 Å². The van der Waals surface area contributed by atoms with Crippen molar-refractivity contribution in [2.24, 2.45) is 5.92 Å². The van der Waals surface area contributed by atoms with Crippen molar-refractivity contribution < 1.29 is 13.9 Å². The molecule has 0 bridgehead atoms. The van der Waals surface area contributed by atoms with Gasteiger partial charge in [0.25, 0.3) is 0 Å². The lowest BCUT2D eigenvalue weighted by Gasteiger charge is -2.19. The average molecular weight is 299 g/mol. The summed E-state index contributed by atoms with van der Waals surface area (Å²) >= 11 is 0. The van der Waals surface area contributed by atoms with Crippen LogP contribution >= 0.6 is 0 Å². The maximum Gasteiger partial charge on any atom is 0.220 e. The Morgan fingerprint density at radius 1 is 1.18 bits per heavy atom. The first-order chi connectivity index (χ1) is 10.8. The van der Waals surface area contributed by atoms with E-state index in [1.165, 1.54) is 5.56 Å². The minimum absolute atomic E-state index is 0.0649. The summed E-state index contributed by atoms with van der Waals surface area (Å²) in [6, 6.07) is 14.0. The van der Waals surface area contributed by atoms with Gasteiger partial charge >= 0.3 is 0 Å². The van der Waals surface area contributed by atoms with Crippen molar-refractivity contribution in [2.45, 2.75) is 25.4 Å². The Morgan fingerprint density at radius 3 is 2.82 bits per heavy atom. The highest BCUT2D eigenvalue weighted by molar-refractivity contribution is 5.76. The lowest BCUT2D eigenvalue weighted by Crippen LogP contribution is -2.30. The first kappa shape index (κ1) is 14.9. The van der Waals surface area contributed by atoms with Crippen molar-refractivity contribution >= 4 is 5.91 Å². The van der Waals surface area contributed by atoms with Crippen LogP contribution in [0.2, 0.25) is 0 Å². The molecule has 1 aliphatic heterocycles. The lowest BCUT2D eigenvalue weighted by molar-refractivity contribution is -0.121. The van der Waals surface area contributed by atoms with Gasteiger partial charge in [0.05, 0.1) is 12.4 Å². The summed E-state index contributed by atoms with van der Waals surface area (Å²) in [6.45, 7) is 1.42. The second kappa shape index (κ2) is 7.27. The van der Waals surface area contributed by atoms with Crippen LogP contribution in [-0.2, 0) is 16.0 Å². The predicted molar refractivity (Wildman–Crippen MR) is 83.3 cm³/mol. The highest BCUT2D eigenvalue weighted by Gasteiger charge is 2.29. The third-order valence-electron chi connectivity index (χ3n) is 4.08. The molecule has 0 aliphatic carbocycles. The lowest BCUT2D eigenvalue weighted by atomic mass is 9.95. The minimum atomic E-state index is 0.0649. The average Bonchev–Trinajstić information content (AvgIpc) is 3.23. The molecular weight excluding hydrogens is 278 g/mol. The van der Waals surface area contributed by atoms with E-state index >= 15 is 0 Å². The summed E-state index contributed by atoms with van der Waals surface area (Å²) in [5.74, 6) is 1.26. The van der Waals surface area contributed by atoms with Gasteiger partial charge in [-0.15, -0.1) is 0 Å². The zero-order chi connectivity index (χ0) is 15.2. The first-order valence-corrected chi connectivity index (χ1v) is 7.78. The number of hydrogen-bond acceptors (Lipinski definition) is 3. The van der Waals surface area contributed by atoms with Crippen LogP contribution in [-0.4, -0.2) is 19.1 Å². The zero-order valence-electron chi connectivity index (χ0n) is 12.5. The summed E-state index contributed by atoms with van der Waals surface area (Å²) in [6.07, 6.45) is 3.80. The normalized spacial score (nSPS) is 20.9. The summed E-state index contributed by atoms with van der Waals surface area (Å²) in [7, 11) is 0. The van der Waals surface area contributed by atoms with E-state index < -0.39 is 0 Å². The molecule has 4 nitrogen and oxygen atoms in total. The molecule has 1 N–H and O–H groups in total. The molecule has 1 aromatic heterocycles. The quantitative estimate of drug-likeness (QED) is 0.891. The Bertz CT molecular complexity index is 580. The third kappa shape index (κ3) is 3.77. The molecule has 2 heterocycles. The highest BCUT2D eigenvalue weighted by Crippen LogP contribution is 2.33. The molecule has 1 amide bonds. The molecule has 0 radical (unpaired) electrons. The van der Waals surface area contributed by atoms with Gasteiger partial charge in [-0.3, -0.25) is 4.79 Å². The van der Waals surface area contributed by atoms with E-state index in [0.717, 1.165) is 18.8 Å². The number of benzene rings is 1. The van der Waals surface area contributed by atoms with Crippen LogP contribution < -0.4 is 5.32 Å². The molecule has 1 saturated heterocycles. The molecule has 2 aromatic rings. The fourth-order valence-corrected chi connectivity index (χ4v) is 2.88. The van der Waals surface area contributed by atoms with Gasteiger partial charge in [-0.05, 0) is 24.1 Å². The van der Waals surface area contributed by atoms with E-state index in [-0.39, 0.29) is 12.0 Å². The van der Waals surface area contributed by atoms with Gasteiger partial charge in [0, 0.05) is 31.9 Å². The number of nitrogens with one attached hydrogen (secondary N) is 1. The molecule has 116 valence electrons. The SMILES string of the molecule is O=C(CCc1ccco1)NC[C@@H]1CCO[C@H]1c1ccccc1. The number of amides is 1. The number of carbonyl (C=O) groups is 1. The van der Waals surface area contributed by atoms with E-state index in [4.69, 9.17) is 9.15 Å². The fourth-order valence-electron chi connectivity index (χ4n) is 2.88. The second-order valence-corrected chi connectivity index (χ2v) is 5.63. The molecule has 22 heavy (non-hydrogen) atoms. The van der Waals surface area contributed by atoms with Crippen molar-refractivity contribution in [3.8, 4) is 0 Å². The molecule has 3 rings (SSSR count). The molecule has 2 atom stereocenters. The Labute approximate surface area is 130 Å². The highest BCUT2D eigenvalue weighted by atomic mass is 16.5. The van der Waals surface area contributed by atoms with Crippen molar-refractivity contribution in [2.75, 3.05) is 13.2 Å². The Kier molecular flexibility index (Phi) is 4.91. The van der Waals surface area contributed by atoms with Crippen molar-refractivity contribution in [3.05, 3.63) is 60.1 Å². The smallest absolute Gasteiger partial charge is 0.220 e. The standard InChI is InChI=1S/C18H21NO3/c20-17(9-8-16-7-4-11-21-16)19-13-15-10-12-22-18(15)14-5-2-1-3-6-14/h1-7,11,15,18H,8-10,12-13H2,(H,19,20)/t15-,18-/m0/s1. The van der Waals surface area contributed by atoms with Gasteiger partial charge in [0.1, 0.15) is 5.76 Å².